The summed E-state index contributed by atoms with van der Waals surface area (Å²) in [6, 6.07) is 5.32. The highest BCUT2D eigenvalue weighted by Gasteiger charge is 2.28. The van der Waals surface area contributed by atoms with E-state index in [0.29, 0.717) is 10.0 Å². The van der Waals surface area contributed by atoms with Gasteiger partial charge in [0.15, 0.2) is 0 Å². The second-order valence-corrected chi connectivity index (χ2v) is 4.55. The number of benzene rings is 1. The van der Waals surface area contributed by atoms with Gasteiger partial charge in [0.05, 0.1) is 12.6 Å². The van der Waals surface area contributed by atoms with Gasteiger partial charge in [0.25, 0.3) is 0 Å². The van der Waals surface area contributed by atoms with Gasteiger partial charge in [0.1, 0.15) is 6.04 Å². The Bertz CT molecular complexity index is 442. The van der Waals surface area contributed by atoms with E-state index < -0.39 is 18.8 Å². The van der Waals surface area contributed by atoms with Gasteiger partial charge in [-0.3, -0.25) is 5.32 Å². The first kappa shape index (κ1) is 14.3. The zero-order chi connectivity index (χ0) is 13.1. The molecule has 0 saturated carbocycles. The molecule has 1 atom stereocenters. The number of hydrogen-bond donors (Lipinski definition) is 1. The van der Waals surface area contributed by atoms with Crippen molar-refractivity contribution in [2.45, 2.75) is 12.2 Å². The van der Waals surface area contributed by atoms with Gasteiger partial charge in [-0.05, 0) is 18.2 Å². The predicted molar refractivity (Wildman–Crippen MR) is 61.6 cm³/mol. The number of nitrogens with zero attached hydrogens (tertiary/aromatic N) is 1. The molecule has 1 aromatic rings. The number of nitriles is 1. The molecule has 2 nitrogen and oxygen atoms in total. The largest absolute Gasteiger partial charge is 0.401 e. The third-order valence-corrected chi connectivity index (χ3v) is 2.74. The molecular weight excluding hydrogens is 320 g/mol. The molecule has 7 heteroatoms. The maximum Gasteiger partial charge on any atom is 0.401 e. The van der Waals surface area contributed by atoms with Crippen molar-refractivity contribution in [2.75, 3.05) is 6.54 Å². The molecule has 17 heavy (non-hydrogen) atoms. The summed E-state index contributed by atoms with van der Waals surface area (Å²) in [4.78, 5) is 0. The number of nitrogens with one attached hydrogen (secondary N) is 1. The van der Waals surface area contributed by atoms with E-state index in [1.54, 1.807) is 12.1 Å². The quantitative estimate of drug-likeness (QED) is 0.916. The summed E-state index contributed by atoms with van der Waals surface area (Å²) in [5.74, 6) is 0. The SMILES string of the molecule is N#CC(NCC(F)(F)F)c1cc(Br)ccc1Cl. The zero-order valence-electron chi connectivity index (χ0n) is 8.35. The summed E-state index contributed by atoms with van der Waals surface area (Å²) < 4.78 is 36.7. The molecule has 0 saturated heterocycles. The van der Waals surface area contributed by atoms with Gasteiger partial charge in [0, 0.05) is 15.1 Å². The summed E-state index contributed by atoms with van der Waals surface area (Å²) in [7, 11) is 0. The highest BCUT2D eigenvalue weighted by atomic mass is 79.9. The van der Waals surface area contributed by atoms with Crippen LogP contribution in [-0.2, 0) is 0 Å². The fraction of sp³-hybridized carbons (Fsp3) is 0.300. The second kappa shape index (κ2) is 5.71. The summed E-state index contributed by atoms with van der Waals surface area (Å²) in [5.41, 5.74) is 0.313. The molecule has 92 valence electrons. The number of alkyl halides is 3. The first-order valence-corrected chi connectivity index (χ1v) is 5.65. The van der Waals surface area contributed by atoms with Gasteiger partial charge in [-0.2, -0.15) is 18.4 Å². The van der Waals surface area contributed by atoms with Crippen molar-refractivity contribution < 1.29 is 13.2 Å². The van der Waals surface area contributed by atoms with Crippen LogP contribution in [0.15, 0.2) is 22.7 Å². The van der Waals surface area contributed by atoms with Crippen molar-refractivity contribution in [1.29, 1.82) is 5.26 Å². The average Bonchev–Trinajstić information content (AvgIpc) is 2.22. The summed E-state index contributed by atoms with van der Waals surface area (Å²) in [6.07, 6.45) is -4.37. The molecular formula is C10H7BrClF3N2. The standard InChI is InChI=1S/C10H7BrClF3N2/c11-6-1-2-8(12)7(3-6)9(4-16)17-5-10(13,14)15/h1-3,9,17H,5H2. The Labute approximate surface area is 110 Å². The van der Waals surface area contributed by atoms with Crippen molar-refractivity contribution in [1.82, 2.24) is 5.32 Å². The van der Waals surface area contributed by atoms with Crippen LogP contribution in [0, 0.1) is 11.3 Å². The molecule has 1 rings (SSSR count). The minimum Gasteiger partial charge on any atom is -0.290 e. The van der Waals surface area contributed by atoms with Gasteiger partial charge >= 0.3 is 6.18 Å². The Morgan fingerprint density at radius 1 is 1.47 bits per heavy atom. The first-order chi connectivity index (χ1) is 7.83. The molecule has 0 amide bonds. The topological polar surface area (TPSA) is 35.8 Å². The Balaban J connectivity index is 2.88. The van der Waals surface area contributed by atoms with Crippen LogP contribution in [0.5, 0.6) is 0 Å². The van der Waals surface area contributed by atoms with Crippen molar-refractivity contribution >= 4 is 27.5 Å². The van der Waals surface area contributed by atoms with Crippen LogP contribution in [0.2, 0.25) is 5.02 Å². The summed E-state index contributed by atoms with van der Waals surface area (Å²) in [5, 5.41) is 11.2. The maximum absolute atomic E-state index is 12.0. The highest BCUT2D eigenvalue weighted by Crippen LogP contribution is 2.27. The third-order valence-electron chi connectivity index (χ3n) is 1.90. The van der Waals surface area contributed by atoms with Gasteiger partial charge in [0.2, 0.25) is 0 Å². The van der Waals surface area contributed by atoms with Gasteiger partial charge in [-0.15, -0.1) is 0 Å². The zero-order valence-corrected chi connectivity index (χ0v) is 10.7. The third kappa shape index (κ3) is 4.54. The minimum absolute atomic E-state index is 0.245. The van der Waals surface area contributed by atoms with Crippen molar-refractivity contribution in [3.63, 3.8) is 0 Å². The maximum atomic E-state index is 12.0. The molecule has 0 heterocycles. The predicted octanol–water partition coefficient (Wildman–Crippen LogP) is 3.82. The first-order valence-electron chi connectivity index (χ1n) is 4.48. The molecule has 0 radical (unpaired) electrons. The fourth-order valence-electron chi connectivity index (χ4n) is 1.18. The monoisotopic (exact) mass is 326 g/mol. The number of hydrogen-bond acceptors (Lipinski definition) is 2. The Kier molecular flexibility index (Phi) is 4.80. The minimum atomic E-state index is -4.37. The second-order valence-electron chi connectivity index (χ2n) is 3.22. The van der Waals surface area contributed by atoms with E-state index in [2.05, 4.69) is 21.2 Å². The molecule has 0 aliphatic carbocycles. The smallest absolute Gasteiger partial charge is 0.290 e. The van der Waals surface area contributed by atoms with Crippen LogP contribution in [0.3, 0.4) is 0 Å². The molecule has 0 spiro atoms. The van der Waals surface area contributed by atoms with Crippen LogP contribution in [0.1, 0.15) is 11.6 Å². The van der Waals surface area contributed by atoms with Gasteiger partial charge in [-0.25, -0.2) is 0 Å². The average molecular weight is 328 g/mol. The molecule has 0 aliphatic heterocycles. The van der Waals surface area contributed by atoms with E-state index in [4.69, 9.17) is 16.9 Å². The lowest BCUT2D eigenvalue weighted by atomic mass is 10.1. The van der Waals surface area contributed by atoms with E-state index in [-0.39, 0.29) is 5.02 Å². The van der Waals surface area contributed by atoms with Gasteiger partial charge in [-0.1, -0.05) is 27.5 Å². The van der Waals surface area contributed by atoms with Crippen LogP contribution in [0.4, 0.5) is 13.2 Å². The van der Waals surface area contributed by atoms with Crippen LogP contribution in [-0.4, -0.2) is 12.7 Å². The van der Waals surface area contributed by atoms with Crippen LogP contribution < -0.4 is 5.32 Å². The van der Waals surface area contributed by atoms with E-state index in [1.165, 1.54) is 12.1 Å². The Morgan fingerprint density at radius 3 is 2.65 bits per heavy atom. The van der Waals surface area contributed by atoms with Crippen LogP contribution >= 0.6 is 27.5 Å². The lowest BCUT2D eigenvalue weighted by Gasteiger charge is -2.15. The van der Waals surface area contributed by atoms with Crippen molar-refractivity contribution in [2.24, 2.45) is 0 Å². The van der Waals surface area contributed by atoms with E-state index >= 15 is 0 Å². The lowest BCUT2D eigenvalue weighted by molar-refractivity contribution is -0.125. The molecule has 0 aromatic heterocycles. The Morgan fingerprint density at radius 2 is 2.12 bits per heavy atom. The normalized spacial score (nSPS) is 13.2. The highest BCUT2D eigenvalue weighted by molar-refractivity contribution is 9.10. The van der Waals surface area contributed by atoms with Crippen molar-refractivity contribution in [3.05, 3.63) is 33.3 Å². The number of halogens is 5. The summed E-state index contributed by atoms with van der Waals surface area (Å²) >= 11 is 8.99. The number of rotatable bonds is 3. The molecule has 0 bridgehead atoms. The molecule has 0 fully saturated rings. The molecule has 1 N–H and O–H groups in total. The Hall–Kier alpha value is -0.770. The van der Waals surface area contributed by atoms with Crippen LogP contribution in [0.25, 0.3) is 0 Å². The fourth-order valence-corrected chi connectivity index (χ4v) is 1.78. The molecule has 1 aromatic carbocycles. The van der Waals surface area contributed by atoms with E-state index in [0.717, 1.165) is 0 Å². The molecule has 1 unspecified atom stereocenters. The van der Waals surface area contributed by atoms with Gasteiger partial charge < -0.3 is 0 Å². The van der Waals surface area contributed by atoms with E-state index in [9.17, 15) is 13.2 Å². The lowest BCUT2D eigenvalue weighted by Crippen LogP contribution is -2.31. The van der Waals surface area contributed by atoms with Crippen molar-refractivity contribution in [3.8, 4) is 6.07 Å². The van der Waals surface area contributed by atoms with E-state index in [1.807, 2.05) is 0 Å². The molecule has 0 aliphatic rings. The summed E-state index contributed by atoms with van der Waals surface area (Å²) in [6.45, 7) is -1.24.